The first-order valence-electron chi connectivity index (χ1n) is 13.4. The molecule has 0 radical (unpaired) electrons. The number of carbonyl (C=O) groups is 2. The van der Waals surface area contributed by atoms with Crippen molar-refractivity contribution in [3.8, 4) is 22.3 Å². The van der Waals surface area contributed by atoms with E-state index in [1.165, 1.54) is 7.11 Å². The van der Waals surface area contributed by atoms with Crippen LogP contribution in [0.2, 0.25) is 0 Å². The summed E-state index contributed by atoms with van der Waals surface area (Å²) in [7, 11) is 1.37. The van der Waals surface area contributed by atoms with Crippen molar-refractivity contribution < 1.29 is 23.8 Å². The molecule has 0 aliphatic rings. The van der Waals surface area contributed by atoms with Crippen LogP contribution in [0.15, 0.2) is 48.5 Å². The smallest absolute Gasteiger partial charge is 0.339 e. The minimum Gasteiger partial charge on any atom is -0.467 e. The maximum Gasteiger partial charge on any atom is 0.339 e. The SMILES string of the molecule is CCOC(=O)CCc1ccccc1-c1c(C)c(-c2ccc(C)cc2)c([C@H](OC(C)(C)C)C(=O)OC)c(C)c1N. The van der Waals surface area contributed by atoms with E-state index in [2.05, 4.69) is 24.3 Å². The molecule has 0 aliphatic carbocycles. The highest BCUT2D eigenvalue weighted by Gasteiger charge is 2.34. The normalized spacial score (nSPS) is 12.2. The molecule has 0 heterocycles. The average Bonchev–Trinajstić information content (AvgIpc) is 2.89. The molecule has 2 N–H and O–H groups in total. The summed E-state index contributed by atoms with van der Waals surface area (Å²) in [5.41, 5.74) is 15.0. The number of hydrogen-bond donors (Lipinski definition) is 1. The molecule has 0 saturated carbocycles. The number of rotatable bonds is 9. The van der Waals surface area contributed by atoms with Crippen LogP contribution in [0, 0.1) is 20.8 Å². The molecular weight excluding hydrogens is 490 g/mol. The number of nitrogens with two attached hydrogens (primary N) is 1. The predicted octanol–water partition coefficient (Wildman–Crippen LogP) is 7.05. The number of carbonyl (C=O) groups excluding carboxylic acids is 2. The summed E-state index contributed by atoms with van der Waals surface area (Å²) in [5, 5.41) is 0. The Morgan fingerprint density at radius 3 is 2.15 bits per heavy atom. The van der Waals surface area contributed by atoms with Gasteiger partial charge in [-0.2, -0.15) is 0 Å². The molecule has 0 aliphatic heterocycles. The van der Waals surface area contributed by atoms with E-state index in [9.17, 15) is 9.59 Å². The topological polar surface area (TPSA) is 87.8 Å². The monoisotopic (exact) mass is 531 g/mol. The predicted molar refractivity (Wildman–Crippen MR) is 156 cm³/mol. The van der Waals surface area contributed by atoms with Crippen LogP contribution in [0.1, 0.15) is 68.0 Å². The van der Waals surface area contributed by atoms with Crippen molar-refractivity contribution in [3.63, 3.8) is 0 Å². The quantitative estimate of drug-likeness (QED) is 0.235. The fourth-order valence-electron chi connectivity index (χ4n) is 4.95. The highest BCUT2D eigenvalue weighted by atomic mass is 16.6. The van der Waals surface area contributed by atoms with Crippen LogP contribution in [-0.4, -0.2) is 31.3 Å². The number of esters is 2. The van der Waals surface area contributed by atoms with Crippen molar-refractivity contribution in [2.75, 3.05) is 19.5 Å². The number of aryl methyl sites for hydroxylation is 2. The van der Waals surface area contributed by atoms with Crippen LogP contribution >= 0.6 is 0 Å². The van der Waals surface area contributed by atoms with Crippen LogP contribution in [0.5, 0.6) is 0 Å². The van der Waals surface area contributed by atoms with E-state index in [0.29, 0.717) is 24.3 Å². The summed E-state index contributed by atoms with van der Waals surface area (Å²) in [5.74, 6) is -0.716. The molecule has 0 spiro atoms. The molecule has 6 nitrogen and oxygen atoms in total. The van der Waals surface area contributed by atoms with Crippen molar-refractivity contribution >= 4 is 17.6 Å². The summed E-state index contributed by atoms with van der Waals surface area (Å²) in [6, 6.07) is 16.2. The van der Waals surface area contributed by atoms with Gasteiger partial charge in [0.15, 0.2) is 6.10 Å². The van der Waals surface area contributed by atoms with Crippen LogP contribution in [0.25, 0.3) is 22.3 Å². The Balaban J connectivity index is 2.35. The molecule has 0 bridgehead atoms. The van der Waals surface area contributed by atoms with Crippen molar-refractivity contribution in [3.05, 3.63) is 76.3 Å². The van der Waals surface area contributed by atoms with E-state index in [-0.39, 0.29) is 12.4 Å². The number of hydrogen-bond acceptors (Lipinski definition) is 6. The molecular formula is C33H41NO5. The van der Waals surface area contributed by atoms with Gasteiger partial charge in [-0.3, -0.25) is 4.79 Å². The lowest BCUT2D eigenvalue weighted by Gasteiger charge is -2.31. The lowest BCUT2D eigenvalue weighted by Crippen LogP contribution is -2.29. The van der Waals surface area contributed by atoms with Gasteiger partial charge in [0.2, 0.25) is 0 Å². The summed E-state index contributed by atoms with van der Waals surface area (Å²) in [4.78, 5) is 25.3. The van der Waals surface area contributed by atoms with E-state index in [0.717, 1.165) is 44.5 Å². The number of benzene rings is 3. The summed E-state index contributed by atoms with van der Waals surface area (Å²) in [6.07, 6.45) is -0.178. The molecule has 1 atom stereocenters. The van der Waals surface area contributed by atoms with E-state index >= 15 is 0 Å². The van der Waals surface area contributed by atoms with Gasteiger partial charge in [-0.1, -0.05) is 54.1 Å². The third-order valence-electron chi connectivity index (χ3n) is 6.78. The van der Waals surface area contributed by atoms with Crippen LogP contribution in [0.3, 0.4) is 0 Å². The Kier molecular flexibility index (Phi) is 9.57. The van der Waals surface area contributed by atoms with Crippen molar-refractivity contribution in [2.45, 2.75) is 73.0 Å². The summed E-state index contributed by atoms with van der Waals surface area (Å²) < 4.78 is 16.7. The Hall–Kier alpha value is -3.64. The number of nitrogen functional groups attached to an aromatic ring is 1. The highest BCUT2D eigenvalue weighted by molar-refractivity contribution is 5.94. The van der Waals surface area contributed by atoms with Gasteiger partial charge < -0.3 is 19.9 Å². The maximum absolute atomic E-state index is 13.2. The second kappa shape index (κ2) is 12.5. The lowest BCUT2D eigenvalue weighted by atomic mass is 9.81. The summed E-state index contributed by atoms with van der Waals surface area (Å²) in [6.45, 7) is 13.9. The van der Waals surface area contributed by atoms with E-state index < -0.39 is 17.7 Å². The first kappa shape index (κ1) is 29.9. The number of ether oxygens (including phenoxy) is 3. The number of anilines is 1. The third kappa shape index (κ3) is 6.87. The van der Waals surface area contributed by atoms with Gasteiger partial charge >= 0.3 is 11.9 Å². The van der Waals surface area contributed by atoms with E-state index in [1.54, 1.807) is 6.92 Å². The fraction of sp³-hybridized carbons (Fsp3) is 0.394. The minimum atomic E-state index is -0.972. The molecule has 6 heteroatoms. The number of methoxy groups -OCH3 is 1. The van der Waals surface area contributed by atoms with Gasteiger partial charge in [0.05, 0.1) is 19.3 Å². The van der Waals surface area contributed by atoms with E-state index in [1.807, 2.05) is 65.8 Å². The molecule has 0 fully saturated rings. The molecule has 0 aromatic heterocycles. The Bertz CT molecular complexity index is 1340. The first-order chi connectivity index (χ1) is 18.4. The lowest BCUT2D eigenvalue weighted by molar-refractivity contribution is -0.164. The zero-order valence-electron chi connectivity index (χ0n) is 24.4. The molecule has 3 rings (SSSR count). The Labute approximate surface area is 232 Å². The maximum atomic E-state index is 13.2. The molecule has 3 aromatic carbocycles. The second-order valence-electron chi connectivity index (χ2n) is 10.8. The zero-order valence-corrected chi connectivity index (χ0v) is 24.4. The van der Waals surface area contributed by atoms with Crippen molar-refractivity contribution in [1.29, 1.82) is 0 Å². The minimum absolute atomic E-state index is 0.232. The summed E-state index contributed by atoms with van der Waals surface area (Å²) >= 11 is 0. The molecule has 0 unspecified atom stereocenters. The highest BCUT2D eigenvalue weighted by Crippen LogP contribution is 2.46. The average molecular weight is 532 g/mol. The molecule has 39 heavy (non-hydrogen) atoms. The van der Waals surface area contributed by atoms with Gasteiger partial charge in [-0.15, -0.1) is 0 Å². The molecule has 3 aromatic rings. The molecule has 0 saturated heterocycles. The van der Waals surface area contributed by atoms with Crippen molar-refractivity contribution in [2.24, 2.45) is 0 Å². The van der Waals surface area contributed by atoms with Gasteiger partial charge in [0.25, 0.3) is 0 Å². The van der Waals surface area contributed by atoms with Crippen LogP contribution < -0.4 is 5.73 Å². The second-order valence-corrected chi connectivity index (χ2v) is 10.8. The van der Waals surface area contributed by atoms with E-state index in [4.69, 9.17) is 19.9 Å². The van der Waals surface area contributed by atoms with Gasteiger partial charge in [-0.05, 0) is 88.3 Å². The van der Waals surface area contributed by atoms with Gasteiger partial charge in [0, 0.05) is 23.2 Å². The Morgan fingerprint density at radius 2 is 1.56 bits per heavy atom. The largest absolute Gasteiger partial charge is 0.467 e. The van der Waals surface area contributed by atoms with Crippen molar-refractivity contribution in [1.82, 2.24) is 0 Å². The Morgan fingerprint density at radius 1 is 0.923 bits per heavy atom. The molecule has 208 valence electrons. The molecule has 0 amide bonds. The van der Waals surface area contributed by atoms with Gasteiger partial charge in [-0.25, -0.2) is 4.79 Å². The third-order valence-corrected chi connectivity index (χ3v) is 6.78. The van der Waals surface area contributed by atoms with Crippen LogP contribution in [0.4, 0.5) is 5.69 Å². The van der Waals surface area contributed by atoms with Crippen LogP contribution in [-0.2, 0) is 30.2 Å². The standard InChI is InChI=1S/C33H41NO5/c1-9-38-26(35)19-18-23-12-10-11-13-25(23)28-21(3)27(24-16-14-20(2)15-17-24)29(22(4)30(28)34)31(32(36)37-8)39-33(5,6)7/h10-17,31H,9,18-19,34H2,1-8H3/t31-/m0/s1. The zero-order chi connectivity index (χ0) is 28.9. The fourth-order valence-corrected chi connectivity index (χ4v) is 4.95. The van der Waals surface area contributed by atoms with Gasteiger partial charge in [0.1, 0.15) is 0 Å². The first-order valence-corrected chi connectivity index (χ1v) is 13.4.